The van der Waals surface area contributed by atoms with Gasteiger partial charge < -0.3 is 25.0 Å². The Labute approximate surface area is 210 Å². The molecular weight excluding hydrogens is 521 g/mol. The summed E-state index contributed by atoms with van der Waals surface area (Å²) in [5.41, 5.74) is 1.28. The summed E-state index contributed by atoms with van der Waals surface area (Å²) in [5.74, 6) is 1.96. The van der Waals surface area contributed by atoms with Gasteiger partial charge in [-0.15, -0.1) is 24.0 Å². The number of rotatable bonds is 11. The monoisotopic (exact) mass is 561 g/mol. The molecule has 1 aromatic carbocycles. The number of hydrogen-bond acceptors (Lipinski definition) is 5. The molecule has 1 aliphatic heterocycles. The van der Waals surface area contributed by atoms with Gasteiger partial charge in [0.25, 0.3) is 0 Å². The van der Waals surface area contributed by atoms with E-state index in [-0.39, 0.29) is 36.4 Å². The van der Waals surface area contributed by atoms with Gasteiger partial charge in [-0.2, -0.15) is 0 Å². The zero-order valence-electron chi connectivity index (χ0n) is 19.9. The highest BCUT2D eigenvalue weighted by molar-refractivity contribution is 14.0. The minimum absolute atomic E-state index is 0. The highest BCUT2D eigenvalue weighted by Crippen LogP contribution is 2.21. The Kier molecular flexibility index (Phi) is 14.3. The Morgan fingerprint density at radius 1 is 1.19 bits per heavy atom. The number of methoxy groups -OCH3 is 1. The first-order chi connectivity index (χ1) is 15.0. The zero-order chi connectivity index (χ0) is 22.5. The fourth-order valence-corrected chi connectivity index (χ4v) is 3.30. The molecule has 0 bridgehead atoms. The van der Waals surface area contributed by atoms with Crippen molar-refractivity contribution in [2.24, 2.45) is 4.99 Å². The van der Waals surface area contributed by atoms with Gasteiger partial charge in [-0.05, 0) is 43.0 Å². The van der Waals surface area contributed by atoms with Crippen molar-refractivity contribution in [3.8, 4) is 5.75 Å². The van der Waals surface area contributed by atoms with Gasteiger partial charge in [-0.1, -0.05) is 19.1 Å². The number of nitrogens with one attached hydrogen (secondary N) is 2. The van der Waals surface area contributed by atoms with Gasteiger partial charge >= 0.3 is 0 Å². The van der Waals surface area contributed by atoms with Crippen molar-refractivity contribution in [1.82, 2.24) is 20.4 Å². The van der Waals surface area contributed by atoms with Gasteiger partial charge in [0, 0.05) is 40.3 Å². The maximum atomic E-state index is 11.9. The fourth-order valence-electron chi connectivity index (χ4n) is 3.30. The maximum absolute atomic E-state index is 11.9. The van der Waals surface area contributed by atoms with Crippen LogP contribution in [0.3, 0.4) is 0 Å². The molecule has 1 fully saturated rings. The van der Waals surface area contributed by atoms with Crippen LogP contribution in [0.25, 0.3) is 0 Å². The number of carbonyl (C=O) groups is 1. The molecule has 0 saturated carbocycles. The van der Waals surface area contributed by atoms with E-state index in [1.165, 1.54) is 5.56 Å². The van der Waals surface area contributed by atoms with Gasteiger partial charge in [0.2, 0.25) is 5.91 Å². The summed E-state index contributed by atoms with van der Waals surface area (Å²) in [6.07, 6.45) is 1.98. The zero-order valence-corrected chi connectivity index (χ0v) is 22.3. The summed E-state index contributed by atoms with van der Waals surface area (Å²) in [4.78, 5) is 20.4. The molecule has 2 rings (SSSR count). The van der Waals surface area contributed by atoms with E-state index in [2.05, 4.69) is 39.6 Å². The summed E-state index contributed by atoms with van der Waals surface area (Å²) in [7, 11) is 5.17. The molecule has 0 aromatic heterocycles. The van der Waals surface area contributed by atoms with Crippen LogP contribution in [0.1, 0.15) is 31.2 Å². The van der Waals surface area contributed by atoms with Gasteiger partial charge in [0.1, 0.15) is 12.3 Å². The average Bonchev–Trinajstić information content (AvgIpc) is 2.80. The molecule has 1 saturated heterocycles. The number of likely N-dealkylation sites (N-methyl/N-ethyl adjacent to an activating group) is 1. The predicted molar refractivity (Wildman–Crippen MR) is 140 cm³/mol. The Morgan fingerprint density at radius 3 is 2.47 bits per heavy atom. The second kappa shape index (κ2) is 16.1. The molecule has 0 radical (unpaired) electrons. The number of ether oxygens (including phenoxy) is 2. The van der Waals surface area contributed by atoms with Gasteiger partial charge in [0.15, 0.2) is 5.96 Å². The molecule has 1 aromatic rings. The van der Waals surface area contributed by atoms with Crippen molar-refractivity contribution >= 4 is 35.8 Å². The van der Waals surface area contributed by atoms with Crippen molar-refractivity contribution in [3.05, 3.63) is 29.8 Å². The number of amides is 1. The lowest BCUT2D eigenvalue weighted by Gasteiger charge is -2.26. The van der Waals surface area contributed by atoms with E-state index in [0.29, 0.717) is 11.9 Å². The molecule has 1 heterocycles. The van der Waals surface area contributed by atoms with Crippen LogP contribution in [0.2, 0.25) is 0 Å². The van der Waals surface area contributed by atoms with Gasteiger partial charge in [-0.3, -0.25) is 9.69 Å². The van der Waals surface area contributed by atoms with Crippen LogP contribution in [-0.2, 0) is 9.53 Å². The van der Waals surface area contributed by atoms with Crippen molar-refractivity contribution in [2.75, 3.05) is 73.7 Å². The number of morpholine rings is 1. The smallest absolute Gasteiger partial charge is 0.243 e. The Morgan fingerprint density at radius 2 is 1.84 bits per heavy atom. The molecule has 32 heavy (non-hydrogen) atoms. The van der Waals surface area contributed by atoms with Crippen LogP contribution >= 0.6 is 24.0 Å². The summed E-state index contributed by atoms with van der Waals surface area (Å²) in [5, 5.41) is 6.76. The number of carbonyl (C=O) groups excluding carboxylic acids is 1. The average molecular weight is 562 g/mol. The Balaban J connectivity index is 0.00000512. The number of guanidine groups is 1. The van der Waals surface area contributed by atoms with Crippen LogP contribution in [0.5, 0.6) is 5.75 Å². The van der Waals surface area contributed by atoms with Crippen LogP contribution in [0.4, 0.5) is 0 Å². The second-order valence-electron chi connectivity index (χ2n) is 8.08. The van der Waals surface area contributed by atoms with E-state index < -0.39 is 0 Å². The summed E-state index contributed by atoms with van der Waals surface area (Å²) >= 11 is 0. The highest BCUT2D eigenvalue weighted by Gasteiger charge is 2.10. The van der Waals surface area contributed by atoms with E-state index in [9.17, 15) is 4.79 Å². The van der Waals surface area contributed by atoms with Crippen molar-refractivity contribution in [1.29, 1.82) is 0 Å². The third-order valence-corrected chi connectivity index (χ3v) is 5.47. The van der Waals surface area contributed by atoms with E-state index in [4.69, 9.17) is 9.47 Å². The first-order valence-electron chi connectivity index (χ1n) is 11.2. The molecule has 182 valence electrons. The largest absolute Gasteiger partial charge is 0.497 e. The number of nitrogens with zero attached hydrogens (tertiary/aromatic N) is 3. The van der Waals surface area contributed by atoms with E-state index in [1.807, 2.05) is 12.1 Å². The van der Waals surface area contributed by atoms with E-state index >= 15 is 0 Å². The number of halogens is 1. The predicted octanol–water partition coefficient (Wildman–Crippen LogP) is 2.15. The fraction of sp³-hybridized carbons (Fsp3) is 0.652. The lowest BCUT2D eigenvalue weighted by molar-refractivity contribution is -0.127. The third-order valence-electron chi connectivity index (χ3n) is 5.47. The molecular formula is C23H40IN5O3. The van der Waals surface area contributed by atoms with Gasteiger partial charge in [0.05, 0.1) is 20.3 Å². The standard InChI is InChI=1S/C23H39N5O3.HI/c1-19(20-6-8-21(30-4)9-7-20)10-12-25-23(26-18-22(29)27(2)3)24-11-5-13-28-14-16-31-17-15-28;/h6-9,19H,5,10-18H2,1-4H3,(H2,24,25,26);1H. The molecule has 0 aliphatic carbocycles. The van der Waals surface area contributed by atoms with E-state index in [1.54, 1.807) is 26.1 Å². The first kappa shape index (κ1) is 28.4. The van der Waals surface area contributed by atoms with Gasteiger partial charge in [-0.25, -0.2) is 4.99 Å². The minimum Gasteiger partial charge on any atom is -0.497 e. The second-order valence-corrected chi connectivity index (χ2v) is 8.08. The third kappa shape index (κ3) is 10.8. The van der Waals surface area contributed by atoms with Crippen LogP contribution in [0, 0.1) is 0 Å². The molecule has 0 spiro atoms. The summed E-state index contributed by atoms with van der Waals surface area (Å²) < 4.78 is 10.6. The van der Waals surface area contributed by atoms with Crippen molar-refractivity contribution in [2.45, 2.75) is 25.7 Å². The molecule has 8 nitrogen and oxygen atoms in total. The minimum atomic E-state index is -0.0129. The number of aliphatic imine (C=N–C) groups is 1. The lowest BCUT2D eigenvalue weighted by atomic mass is 9.98. The summed E-state index contributed by atoms with van der Waals surface area (Å²) in [6.45, 7) is 8.62. The molecule has 1 amide bonds. The van der Waals surface area contributed by atoms with Crippen molar-refractivity contribution in [3.63, 3.8) is 0 Å². The summed E-state index contributed by atoms with van der Waals surface area (Å²) in [6, 6.07) is 8.21. The highest BCUT2D eigenvalue weighted by atomic mass is 127. The molecule has 1 unspecified atom stereocenters. The SMILES string of the molecule is COc1ccc(C(C)CCNC(=NCC(=O)N(C)C)NCCCN2CCOCC2)cc1.I. The Bertz CT molecular complexity index is 679. The number of hydrogen-bond donors (Lipinski definition) is 2. The Hall–Kier alpha value is -1.59. The van der Waals surface area contributed by atoms with E-state index in [0.717, 1.165) is 64.5 Å². The molecule has 1 atom stereocenters. The molecule has 9 heteroatoms. The molecule has 1 aliphatic rings. The van der Waals surface area contributed by atoms with Crippen LogP contribution < -0.4 is 15.4 Å². The van der Waals surface area contributed by atoms with Crippen molar-refractivity contribution < 1.29 is 14.3 Å². The quantitative estimate of drug-likeness (QED) is 0.187. The number of benzene rings is 1. The normalized spacial score (nSPS) is 15.4. The van der Waals surface area contributed by atoms with Crippen LogP contribution in [0.15, 0.2) is 29.3 Å². The maximum Gasteiger partial charge on any atom is 0.243 e. The topological polar surface area (TPSA) is 78.4 Å². The van der Waals surface area contributed by atoms with Crippen LogP contribution in [-0.4, -0.2) is 95.4 Å². The molecule has 2 N–H and O–H groups in total. The lowest BCUT2D eigenvalue weighted by Crippen LogP contribution is -2.41. The first-order valence-corrected chi connectivity index (χ1v) is 11.2.